The Labute approximate surface area is 210 Å². The van der Waals surface area contributed by atoms with E-state index in [2.05, 4.69) is 15.0 Å². The Hall–Kier alpha value is -3.79. The molecule has 0 aliphatic carbocycles. The van der Waals surface area contributed by atoms with Crippen molar-refractivity contribution < 1.29 is 22.7 Å². The van der Waals surface area contributed by atoms with Crippen LogP contribution in [0.1, 0.15) is 43.6 Å². The molecule has 0 spiro atoms. The molecule has 0 atom stereocenters. The zero-order valence-electron chi connectivity index (χ0n) is 21.2. The summed E-state index contributed by atoms with van der Waals surface area (Å²) < 4.78 is 36.9. The fourth-order valence-electron chi connectivity index (χ4n) is 3.76. The smallest absolute Gasteiger partial charge is 0.259 e. The Balaban J connectivity index is 2.12. The van der Waals surface area contributed by atoms with Gasteiger partial charge in [-0.3, -0.25) is 14.3 Å². The molecule has 9 nitrogen and oxygen atoms in total. The summed E-state index contributed by atoms with van der Waals surface area (Å²) >= 11 is 0. The highest BCUT2D eigenvalue weighted by molar-refractivity contribution is 7.92. The second kappa shape index (κ2) is 10.4. The van der Waals surface area contributed by atoms with Gasteiger partial charge in [0.25, 0.3) is 11.5 Å². The summed E-state index contributed by atoms with van der Waals surface area (Å²) in [6.07, 6.45) is 2.60. The molecule has 1 amide bonds. The molecule has 1 aromatic heterocycles. The minimum atomic E-state index is -3.50. The van der Waals surface area contributed by atoms with Crippen molar-refractivity contribution >= 4 is 27.3 Å². The van der Waals surface area contributed by atoms with Crippen LogP contribution >= 0.6 is 0 Å². The first kappa shape index (κ1) is 26.8. The normalized spacial score (nSPS) is 11.6. The largest absolute Gasteiger partial charge is 0.494 e. The molecule has 0 aliphatic rings. The molecule has 3 aromatic rings. The van der Waals surface area contributed by atoms with Crippen molar-refractivity contribution in [2.75, 3.05) is 30.0 Å². The molecule has 2 aromatic carbocycles. The predicted molar refractivity (Wildman–Crippen MR) is 142 cm³/mol. The number of amides is 1. The van der Waals surface area contributed by atoms with Crippen molar-refractivity contribution in [1.29, 1.82) is 0 Å². The van der Waals surface area contributed by atoms with E-state index in [0.717, 1.165) is 11.8 Å². The highest BCUT2D eigenvalue weighted by Crippen LogP contribution is 2.40. The lowest BCUT2D eigenvalue weighted by atomic mass is 9.84. The maximum absolute atomic E-state index is 13.4. The number of methoxy groups -OCH3 is 1. The molecule has 0 fully saturated rings. The monoisotopic (exact) mass is 513 g/mol. The van der Waals surface area contributed by atoms with E-state index < -0.39 is 15.9 Å². The Bertz CT molecular complexity index is 1440. The van der Waals surface area contributed by atoms with Crippen molar-refractivity contribution in [3.05, 3.63) is 70.1 Å². The summed E-state index contributed by atoms with van der Waals surface area (Å²) in [5.41, 5.74) is 2.12. The van der Waals surface area contributed by atoms with Gasteiger partial charge in [-0.15, -0.1) is 0 Å². The Kier molecular flexibility index (Phi) is 7.78. The van der Waals surface area contributed by atoms with Gasteiger partial charge in [0.1, 0.15) is 11.5 Å². The number of carbonyl (C=O) groups excluding carboxylic acids is 1. The molecular weight excluding hydrogens is 482 g/mol. The van der Waals surface area contributed by atoms with Crippen LogP contribution in [-0.4, -0.2) is 39.3 Å². The number of anilines is 2. The van der Waals surface area contributed by atoms with Gasteiger partial charge in [0.15, 0.2) is 0 Å². The van der Waals surface area contributed by atoms with Gasteiger partial charge in [-0.25, -0.2) is 8.42 Å². The molecule has 36 heavy (non-hydrogen) atoms. The van der Waals surface area contributed by atoms with Crippen LogP contribution in [0.2, 0.25) is 0 Å². The number of carbonyl (C=O) groups is 1. The van der Waals surface area contributed by atoms with Gasteiger partial charge < -0.3 is 19.8 Å². The van der Waals surface area contributed by atoms with E-state index in [4.69, 9.17) is 9.47 Å². The average molecular weight is 514 g/mol. The highest BCUT2D eigenvalue weighted by Gasteiger charge is 2.25. The number of ether oxygens (including phenoxy) is 2. The first-order valence-corrected chi connectivity index (χ1v) is 13.2. The maximum Gasteiger partial charge on any atom is 0.259 e. The molecule has 0 saturated carbocycles. The maximum atomic E-state index is 13.4. The summed E-state index contributed by atoms with van der Waals surface area (Å²) in [6.45, 7) is 8.06. The average Bonchev–Trinajstić information content (AvgIpc) is 2.77. The van der Waals surface area contributed by atoms with E-state index >= 15 is 0 Å². The molecule has 0 aliphatic heterocycles. The van der Waals surface area contributed by atoms with Crippen LogP contribution in [0.5, 0.6) is 11.5 Å². The third-order valence-corrected chi connectivity index (χ3v) is 5.91. The molecule has 0 bridgehead atoms. The fraction of sp³-hybridized carbons (Fsp3) is 0.308. The number of aromatic nitrogens is 1. The molecule has 0 radical (unpaired) electrons. The number of hydrogen-bond donors (Lipinski definition) is 3. The minimum absolute atomic E-state index is 0.207. The topological polar surface area (TPSA) is 127 Å². The van der Waals surface area contributed by atoms with Gasteiger partial charge in [0.05, 0.1) is 36.9 Å². The van der Waals surface area contributed by atoms with Gasteiger partial charge in [0, 0.05) is 23.4 Å². The number of nitrogens with one attached hydrogen (secondary N) is 3. The van der Waals surface area contributed by atoms with Crippen LogP contribution in [0.25, 0.3) is 11.1 Å². The molecule has 192 valence electrons. The summed E-state index contributed by atoms with van der Waals surface area (Å²) in [4.78, 5) is 28.6. The second-order valence-corrected chi connectivity index (χ2v) is 11.0. The predicted octanol–water partition coefficient (Wildman–Crippen LogP) is 4.37. The second-order valence-electron chi connectivity index (χ2n) is 9.24. The number of hydrogen-bond acceptors (Lipinski definition) is 6. The van der Waals surface area contributed by atoms with Crippen molar-refractivity contribution in [3.63, 3.8) is 0 Å². The molecule has 0 saturated heterocycles. The van der Waals surface area contributed by atoms with Crippen LogP contribution < -0.4 is 25.1 Å². The third-order valence-electron chi connectivity index (χ3n) is 5.31. The third kappa shape index (κ3) is 6.25. The number of aromatic amines is 1. The lowest BCUT2D eigenvalue weighted by molar-refractivity contribution is 0.102. The van der Waals surface area contributed by atoms with E-state index in [1.807, 2.05) is 26.8 Å². The van der Waals surface area contributed by atoms with Crippen LogP contribution in [0.4, 0.5) is 11.4 Å². The zero-order valence-corrected chi connectivity index (χ0v) is 22.0. The number of sulfonamides is 1. The Morgan fingerprint density at radius 2 is 1.83 bits per heavy atom. The molecule has 10 heteroatoms. The summed E-state index contributed by atoms with van der Waals surface area (Å²) in [7, 11) is -1.98. The molecule has 3 rings (SSSR count). The van der Waals surface area contributed by atoms with E-state index in [0.29, 0.717) is 22.6 Å². The summed E-state index contributed by atoms with van der Waals surface area (Å²) in [5, 5.41) is 2.89. The van der Waals surface area contributed by atoms with Crippen molar-refractivity contribution in [2.45, 2.75) is 33.1 Å². The van der Waals surface area contributed by atoms with Gasteiger partial charge in [0.2, 0.25) is 10.0 Å². The quantitative estimate of drug-likeness (QED) is 0.411. The van der Waals surface area contributed by atoms with E-state index in [9.17, 15) is 18.0 Å². The van der Waals surface area contributed by atoms with E-state index in [-0.39, 0.29) is 34.6 Å². The first-order chi connectivity index (χ1) is 16.8. The van der Waals surface area contributed by atoms with Crippen molar-refractivity contribution in [3.8, 4) is 22.6 Å². The standard InChI is InChI=1S/C26H31N3O6S/c1-7-35-22-15-17(29-36(6,32)33)10-11-19(22)25(31)28-21-14-16(18-9-8-12-27-24(18)30)13-20(23(21)34-5)26(2,3)4/h8-15,29H,7H2,1-6H3,(H,27,30)(H,28,31). The Morgan fingerprint density at radius 1 is 1.11 bits per heavy atom. The fourth-order valence-corrected chi connectivity index (χ4v) is 4.31. The molecular formula is C26H31N3O6S. The Morgan fingerprint density at radius 3 is 2.42 bits per heavy atom. The SMILES string of the molecule is CCOc1cc(NS(C)(=O)=O)ccc1C(=O)Nc1cc(-c2ccc[nH]c2=O)cc(C(C)(C)C)c1OC. The van der Waals surface area contributed by atoms with Gasteiger partial charge in [-0.1, -0.05) is 20.8 Å². The lowest BCUT2D eigenvalue weighted by Crippen LogP contribution is -2.19. The number of pyridine rings is 1. The minimum Gasteiger partial charge on any atom is -0.494 e. The summed E-state index contributed by atoms with van der Waals surface area (Å²) in [6, 6.07) is 11.4. The highest BCUT2D eigenvalue weighted by atomic mass is 32.2. The summed E-state index contributed by atoms with van der Waals surface area (Å²) in [5.74, 6) is 0.205. The van der Waals surface area contributed by atoms with Gasteiger partial charge >= 0.3 is 0 Å². The first-order valence-electron chi connectivity index (χ1n) is 11.3. The molecule has 3 N–H and O–H groups in total. The van der Waals surface area contributed by atoms with Crippen molar-refractivity contribution in [2.24, 2.45) is 0 Å². The lowest BCUT2D eigenvalue weighted by Gasteiger charge is -2.25. The van der Waals surface area contributed by atoms with E-state index in [1.54, 1.807) is 31.3 Å². The van der Waals surface area contributed by atoms with Gasteiger partial charge in [-0.2, -0.15) is 0 Å². The van der Waals surface area contributed by atoms with Gasteiger partial charge in [-0.05, 0) is 54.3 Å². The number of rotatable bonds is 8. The van der Waals surface area contributed by atoms with Crippen LogP contribution in [0, 0.1) is 0 Å². The van der Waals surface area contributed by atoms with E-state index in [1.165, 1.54) is 25.3 Å². The zero-order chi connectivity index (χ0) is 26.7. The van der Waals surface area contributed by atoms with Crippen LogP contribution in [-0.2, 0) is 15.4 Å². The molecule has 1 heterocycles. The number of benzene rings is 2. The van der Waals surface area contributed by atoms with Crippen LogP contribution in [0.3, 0.4) is 0 Å². The van der Waals surface area contributed by atoms with Crippen molar-refractivity contribution in [1.82, 2.24) is 4.98 Å². The molecule has 0 unspecified atom stereocenters. The van der Waals surface area contributed by atoms with Crippen LogP contribution in [0.15, 0.2) is 53.5 Å². The number of H-pyrrole nitrogens is 1.